The number of benzene rings is 2. The number of hydrogen-bond donors (Lipinski definition) is 3. The molecule has 158 valence electrons. The molecule has 3 N–H and O–H groups in total. The molecular formula is C19H23F2N3O4S. The number of sulfonamides is 1. The SMILES string of the molecule is CNS(=O)(=O)Cc1ccc(CNC(=O)NCCc2ccc(OC(F)F)cc2)cc1. The number of ether oxygens (including phenoxy) is 1. The molecule has 0 fully saturated rings. The summed E-state index contributed by atoms with van der Waals surface area (Å²) in [6.07, 6.45) is 0.539. The predicted octanol–water partition coefficient (Wildman–Crippen LogP) is 2.38. The Bertz CT molecular complexity index is 889. The molecule has 0 bridgehead atoms. The Morgan fingerprint density at radius 1 is 0.966 bits per heavy atom. The van der Waals surface area contributed by atoms with Crippen LogP contribution in [-0.4, -0.2) is 34.7 Å². The maximum Gasteiger partial charge on any atom is 0.387 e. The molecule has 0 saturated carbocycles. The average Bonchev–Trinajstić information content (AvgIpc) is 2.68. The van der Waals surface area contributed by atoms with Crippen LogP contribution in [0.3, 0.4) is 0 Å². The zero-order valence-corrected chi connectivity index (χ0v) is 16.6. The van der Waals surface area contributed by atoms with E-state index in [2.05, 4.69) is 20.1 Å². The molecule has 2 rings (SSSR count). The number of rotatable bonds is 10. The number of amides is 2. The molecule has 7 nitrogen and oxygen atoms in total. The van der Waals surface area contributed by atoms with Crippen molar-refractivity contribution in [3.8, 4) is 5.75 Å². The smallest absolute Gasteiger partial charge is 0.387 e. The van der Waals surface area contributed by atoms with Gasteiger partial charge in [-0.2, -0.15) is 8.78 Å². The standard InChI is InChI=1S/C19H23F2N3O4S/c1-22-29(26,27)13-16-4-2-15(3-5-16)12-24-19(25)23-11-10-14-6-8-17(9-7-14)28-18(20)21/h2-9,18,22H,10-13H2,1H3,(H2,23,24,25). The molecule has 0 unspecified atom stereocenters. The minimum absolute atomic E-state index is 0.0871. The van der Waals surface area contributed by atoms with E-state index < -0.39 is 16.6 Å². The van der Waals surface area contributed by atoms with Crippen molar-refractivity contribution in [1.82, 2.24) is 15.4 Å². The Morgan fingerprint density at radius 2 is 1.55 bits per heavy atom. The van der Waals surface area contributed by atoms with Gasteiger partial charge < -0.3 is 15.4 Å². The zero-order chi connectivity index (χ0) is 21.3. The van der Waals surface area contributed by atoms with E-state index in [-0.39, 0.29) is 17.5 Å². The second-order valence-corrected chi connectivity index (χ2v) is 8.09. The first-order chi connectivity index (χ1) is 13.8. The van der Waals surface area contributed by atoms with E-state index in [1.165, 1.54) is 19.2 Å². The Hall–Kier alpha value is -2.72. The summed E-state index contributed by atoms with van der Waals surface area (Å²) in [6.45, 7) is -2.18. The highest BCUT2D eigenvalue weighted by Gasteiger charge is 2.08. The summed E-state index contributed by atoms with van der Waals surface area (Å²) in [7, 11) is -1.96. The van der Waals surface area contributed by atoms with E-state index in [9.17, 15) is 22.0 Å². The van der Waals surface area contributed by atoms with Crippen LogP contribution in [0.15, 0.2) is 48.5 Å². The van der Waals surface area contributed by atoms with E-state index >= 15 is 0 Å². The summed E-state index contributed by atoms with van der Waals surface area (Å²) in [4.78, 5) is 11.9. The first-order valence-corrected chi connectivity index (χ1v) is 10.5. The van der Waals surface area contributed by atoms with Crippen LogP contribution < -0.4 is 20.1 Å². The van der Waals surface area contributed by atoms with Gasteiger partial charge in [-0.3, -0.25) is 0 Å². The fourth-order valence-corrected chi connectivity index (χ4v) is 3.22. The fourth-order valence-electron chi connectivity index (χ4n) is 2.45. The lowest BCUT2D eigenvalue weighted by atomic mass is 10.1. The number of nitrogens with one attached hydrogen (secondary N) is 3. The Labute approximate surface area is 168 Å². The van der Waals surface area contributed by atoms with Crippen molar-refractivity contribution < 1.29 is 26.7 Å². The van der Waals surface area contributed by atoms with Crippen molar-refractivity contribution in [3.05, 3.63) is 65.2 Å². The maximum absolute atomic E-state index is 12.1. The molecule has 0 aromatic heterocycles. The maximum atomic E-state index is 12.1. The van der Waals surface area contributed by atoms with Gasteiger partial charge in [0.15, 0.2) is 0 Å². The monoisotopic (exact) mass is 427 g/mol. The lowest BCUT2D eigenvalue weighted by molar-refractivity contribution is -0.0498. The van der Waals surface area contributed by atoms with Gasteiger partial charge >= 0.3 is 12.6 Å². The minimum atomic E-state index is -3.32. The summed E-state index contributed by atoms with van der Waals surface area (Å²) in [5.74, 6) is -0.0172. The van der Waals surface area contributed by atoms with E-state index in [1.807, 2.05) is 0 Å². The molecule has 2 aromatic rings. The van der Waals surface area contributed by atoms with Crippen LogP contribution in [0.1, 0.15) is 16.7 Å². The third-order valence-electron chi connectivity index (χ3n) is 3.99. The van der Waals surface area contributed by atoms with Crippen molar-refractivity contribution in [2.75, 3.05) is 13.6 Å². The number of hydrogen-bond acceptors (Lipinski definition) is 4. The Kier molecular flexibility index (Phi) is 8.34. The molecule has 10 heteroatoms. The Morgan fingerprint density at radius 3 is 2.14 bits per heavy atom. The third kappa shape index (κ3) is 8.44. The molecular weight excluding hydrogens is 404 g/mol. The van der Waals surface area contributed by atoms with Crippen molar-refractivity contribution in [1.29, 1.82) is 0 Å². The second kappa shape index (κ2) is 10.7. The largest absolute Gasteiger partial charge is 0.435 e. The van der Waals surface area contributed by atoms with Gasteiger partial charge in [0.25, 0.3) is 0 Å². The van der Waals surface area contributed by atoms with Gasteiger partial charge in [0, 0.05) is 13.1 Å². The van der Waals surface area contributed by atoms with Crippen LogP contribution in [0.2, 0.25) is 0 Å². The third-order valence-corrected chi connectivity index (χ3v) is 5.33. The van der Waals surface area contributed by atoms with Gasteiger partial charge in [-0.1, -0.05) is 36.4 Å². The summed E-state index contributed by atoms with van der Waals surface area (Å²) < 4.78 is 53.8. The average molecular weight is 427 g/mol. The van der Waals surface area contributed by atoms with Crippen LogP contribution in [0.25, 0.3) is 0 Å². The molecule has 0 aliphatic heterocycles. The highest BCUT2D eigenvalue weighted by atomic mass is 32.2. The fraction of sp³-hybridized carbons (Fsp3) is 0.316. The van der Waals surface area contributed by atoms with Gasteiger partial charge in [-0.15, -0.1) is 0 Å². The van der Waals surface area contributed by atoms with E-state index in [4.69, 9.17) is 0 Å². The summed E-state index contributed by atoms with van der Waals surface area (Å²) in [5, 5.41) is 5.42. The molecule has 29 heavy (non-hydrogen) atoms. The number of carbonyl (C=O) groups excluding carboxylic acids is 1. The van der Waals surface area contributed by atoms with Gasteiger partial charge in [0.05, 0.1) is 5.75 Å². The lowest BCUT2D eigenvalue weighted by Gasteiger charge is -2.09. The zero-order valence-electron chi connectivity index (χ0n) is 15.8. The first-order valence-electron chi connectivity index (χ1n) is 8.82. The number of urea groups is 1. The highest BCUT2D eigenvalue weighted by molar-refractivity contribution is 7.88. The number of carbonyl (C=O) groups is 1. The Balaban J connectivity index is 1.70. The van der Waals surface area contributed by atoms with Crippen molar-refractivity contribution >= 4 is 16.1 Å². The van der Waals surface area contributed by atoms with Crippen LogP contribution >= 0.6 is 0 Å². The summed E-state index contributed by atoms with van der Waals surface area (Å²) in [6, 6.07) is 12.8. The molecule has 0 aliphatic carbocycles. The van der Waals surface area contributed by atoms with E-state index in [1.54, 1.807) is 36.4 Å². The van der Waals surface area contributed by atoms with Gasteiger partial charge in [0.1, 0.15) is 5.75 Å². The second-order valence-electron chi connectivity index (χ2n) is 6.16. The molecule has 0 atom stereocenters. The normalized spacial score (nSPS) is 11.3. The topological polar surface area (TPSA) is 96.5 Å². The number of halogens is 2. The lowest BCUT2D eigenvalue weighted by Crippen LogP contribution is -2.36. The molecule has 0 spiro atoms. The molecule has 0 radical (unpaired) electrons. The van der Waals surface area contributed by atoms with Crippen molar-refractivity contribution in [3.63, 3.8) is 0 Å². The van der Waals surface area contributed by atoms with Crippen LogP contribution in [0, 0.1) is 0 Å². The quantitative estimate of drug-likeness (QED) is 0.542. The van der Waals surface area contributed by atoms with E-state index in [0.29, 0.717) is 25.1 Å². The van der Waals surface area contributed by atoms with Crippen LogP contribution in [-0.2, 0) is 28.7 Å². The molecule has 2 aromatic carbocycles. The molecule has 0 heterocycles. The van der Waals surface area contributed by atoms with Crippen LogP contribution in [0.5, 0.6) is 5.75 Å². The van der Waals surface area contributed by atoms with Crippen molar-refractivity contribution in [2.24, 2.45) is 0 Å². The predicted molar refractivity (Wildman–Crippen MR) is 105 cm³/mol. The first kappa shape index (κ1) is 22.6. The van der Waals surface area contributed by atoms with Crippen LogP contribution in [0.4, 0.5) is 13.6 Å². The molecule has 0 saturated heterocycles. The van der Waals surface area contributed by atoms with Crippen molar-refractivity contribution in [2.45, 2.75) is 25.3 Å². The van der Waals surface area contributed by atoms with Gasteiger partial charge in [-0.05, 0) is 42.3 Å². The van der Waals surface area contributed by atoms with Gasteiger partial charge in [-0.25, -0.2) is 17.9 Å². The highest BCUT2D eigenvalue weighted by Crippen LogP contribution is 2.15. The minimum Gasteiger partial charge on any atom is -0.435 e. The molecule has 2 amide bonds. The number of alkyl halides is 2. The van der Waals surface area contributed by atoms with E-state index in [0.717, 1.165) is 11.1 Å². The summed E-state index contributed by atoms with van der Waals surface area (Å²) in [5.41, 5.74) is 2.36. The molecule has 0 aliphatic rings. The van der Waals surface area contributed by atoms with Gasteiger partial charge in [0.2, 0.25) is 10.0 Å². The summed E-state index contributed by atoms with van der Waals surface area (Å²) >= 11 is 0.